The molecular weight excluding hydrogens is 228 g/mol. The van der Waals surface area contributed by atoms with Gasteiger partial charge in [0.05, 0.1) is 6.54 Å². The fourth-order valence-electron chi connectivity index (χ4n) is 1.74. The topological polar surface area (TPSA) is 68.2 Å². The number of anilines is 1. The van der Waals surface area contributed by atoms with E-state index < -0.39 is 0 Å². The van der Waals surface area contributed by atoms with E-state index in [0.717, 1.165) is 24.4 Å². The van der Waals surface area contributed by atoms with Crippen molar-refractivity contribution >= 4 is 5.69 Å². The predicted molar refractivity (Wildman–Crippen MR) is 70.0 cm³/mol. The highest BCUT2D eigenvalue weighted by molar-refractivity contribution is 5.40. The maximum absolute atomic E-state index is 5.73. The van der Waals surface area contributed by atoms with Crippen LogP contribution in [0.5, 0.6) is 0 Å². The molecule has 0 aliphatic carbocycles. The minimum atomic E-state index is 0.675. The van der Waals surface area contributed by atoms with Gasteiger partial charge in [0.25, 0.3) is 0 Å². The van der Waals surface area contributed by atoms with Crippen molar-refractivity contribution in [1.82, 2.24) is 15.0 Å². The van der Waals surface area contributed by atoms with Crippen molar-refractivity contribution in [3.63, 3.8) is 0 Å². The third-order valence-corrected chi connectivity index (χ3v) is 2.55. The first-order valence-electron chi connectivity index (χ1n) is 5.94. The zero-order valence-electron chi connectivity index (χ0n) is 10.8. The van der Waals surface area contributed by atoms with Crippen molar-refractivity contribution in [2.75, 3.05) is 19.8 Å². The van der Waals surface area contributed by atoms with Crippen molar-refractivity contribution in [3.05, 3.63) is 41.5 Å². The SMILES string of the molecule is CN(C)Cc1noc(CCc2cccc(N)c2)n1. The molecule has 5 heteroatoms. The Morgan fingerprint density at radius 3 is 2.83 bits per heavy atom. The summed E-state index contributed by atoms with van der Waals surface area (Å²) in [4.78, 5) is 6.34. The molecular formula is C13H18N4O. The van der Waals surface area contributed by atoms with Crippen LogP contribution in [-0.4, -0.2) is 29.1 Å². The Bertz CT molecular complexity index is 507. The Kier molecular flexibility index (Phi) is 3.94. The molecule has 1 aromatic carbocycles. The minimum Gasteiger partial charge on any atom is -0.399 e. The fourth-order valence-corrected chi connectivity index (χ4v) is 1.74. The summed E-state index contributed by atoms with van der Waals surface area (Å²) < 4.78 is 5.20. The predicted octanol–water partition coefficient (Wildman–Crippen LogP) is 1.50. The largest absolute Gasteiger partial charge is 0.399 e. The summed E-state index contributed by atoms with van der Waals surface area (Å²) in [6.07, 6.45) is 1.60. The molecule has 5 nitrogen and oxygen atoms in total. The van der Waals surface area contributed by atoms with E-state index in [1.54, 1.807) is 0 Å². The molecule has 1 aromatic heterocycles. The van der Waals surface area contributed by atoms with Gasteiger partial charge in [-0.3, -0.25) is 0 Å². The first-order chi connectivity index (χ1) is 8.63. The highest BCUT2D eigenvalue weighted by atomic mass is 16.5. The Morgan fingerprint density at radius 2 is 2.11 bits per heavy atom. The van der Waals surface area contributed by atoms with E-state index in [1.807, 2.05) is 43.3 Å². The minimum absolute atomic E-state index is 0.675. The lowest BCUT2D eigenvalue weighted by molar-refractivity contribution is 0.349. The molecule has 0 spiro atoms. The van der Waals surface area contributed by atoms with Gasteiger partial charge in [0.2, 0.25) is 5.89 Å². The van der Waals surface area contributed by atoms with Crippen LogP contribution in [0.3, 0.4) is 0 Å². The fraction of sp³-hybridized carbons (Fsp3) is 0.385. The van der Waals surface area contributed by atoms with Gasteiger partial charge >= 0.3 is 0 Å². The number of nitrogens with zero attached hydrogens (tertiary/aromatic N) is 3. The van der Waals surface area contributed by atoms with Gasteiger partial charge in [0.15, 0.2) is 5.82 Å². The molecule has 0 aliphatic heterocycles. The molecule has 0 saturated carbocycles. The van der Waals surface area contributed by atoms with Crippen LogP contribution in [0.2, 0.25) is 0 Å². The Balaban J connectivity index is 1.92. The quantitative estimate of drug-likeness (QED) is 0.810. The molecule has 0 saturated heterocycles. The zero-order chi connectivity index (χ0) is 13.0. The van der Waals surface area contributed by atoms with Gasteiger partial charge in [-0.05, 0) is 38.2 Å². The van der Waals surface area contributed by atoms with Crippen LogP contribution in [0.1, 0.15) is 17.3 Å². The summed E-state index contributed by atoms with van der Waals surface area (Å²) in [7, 11) is 3.95. The van der Waals surface area contributed by atoms with Gasteiger partial charge < -0.3 is 15.2 Å². The Hall–Kier alpha value is -1.88. The number of hydrogen-bond acceptors (Lipinski definition) is 5. The average Bonchev–Trinajstić information content (AvgIpc) is 2.73. The molecule has 2 aromatic rings. The summed E-state index contributed by atoms with van der Waals surface area (Å²) in [6.45, 7) is 0.696. The summed E-state index contributed by atoms with van der Waals surface area (Å²) in [5, 5.41) is 3.93. The van der Waals surface area contributed by atoms with Crippen LogP contribution in [-0.2, 0) is 19.4 Å². The van der Waals surface area contributed by atoms with E-state index in [1.165, 1.54) is 5.56 Å². The zero-order valence-corrected chi connectivity index (χ0v) is 10.8. The number of nitrogens with two attached hydrogens (primary N) is 1. The second kappa shape index (κ2) is 5.64. The number of nitrogen functional groups attached to an aromatic ring is 1. The second-order valence-corrected chi connectivity index (χ2v) is 4.59. The lowest BCUT2D eigenvalue weighted by Crippen LogP contribution is -2.11. The normalized spacial score (nSPS) is 11.1. The van der Waals surface area contributed by atoms with Crippen molar-refractivity contribution in [3.8, 4) is 0 Å². The van der Waals surface area contributed by atoms with E-state index in [0.29, 0.717) is 12.4 Å². The lowest BCUT2D eigenvalue weighted by atomic mass is 10.1. The molecule has 1 heterocycles. The van der Waals surface area contributed by atoms with Crippen LogP contribution in [0.15, 0.2) is 28.8 Å². The summed E-state index contributed by atoms with van der Waals surface area (Å²) in [5.41, 5.74) is 7.70. The number of hydrogen-bond donors (Lipinski definition) is 1. The van der Waals surface area contributed by atoms with Crippen LogP contribution >= 0.6 is 0 Å². The summed E-state index contributed by atoms with van der Waals surface area (Å²) >= 11 is 0. The first kappa shape index (κ1) is 12.6. The van der Waals surface area contributed by atoms with Crippen LogP contribution in [0.25, 0.3) is 0 Å². The van der Waals surface area contributed by atoms with Gasteiger partial charge in [-0.15, -0.1) is 0 Å². The maximum atomic E-state index is 5.73. The van der Waals surface area contributed by atoms with E-state index in [4.69, 9.17) is 10.3 Å². The summed E-state index contributed by atoms with van der Waals surface area (Å²) in [5.74, 6) is 1.40. The number of aryl methyl sites for hydroxylation is 2. The van der Waals surface area contributed by atoms with E-state index in [-0.39, 0.29) is 0 Å². The van der Waals surface area contributed by atoms with Gasteiger partial charge in [-0.25, -0.2) is 0 Å². The van der Waals surface area contributed by atoms with Gasteiger partial charge in [0.1, 0.15) is 0 Å². The number of aromatic nitrogens is 2. The molecule has 0 bridgehead atoms. The van der Waals surface area contributed by atoms with E-state index >= 15 is 0 Å². The molecule has 0 unspecified atom stereocenters. The highest BCUT2D eigenvalue weighted by Crippen LogP contribution is 2.10. The monoisotopic (exact) mass is 246 g/mol. The molecule has 96 valence electrons. The van der Waals surface area contributed by atoms with Gasteiger partial charge in [-0.2, -0.15) is 4.98 Å². The number of rotatable bonds is 5. The molecule has 2 rings (SSSR count). The molecule has 0 radical (unpaired) electrons. The smallest absolute Gasteiger partial charge is 0.227 e. The van der Waals surface area contributed by atoms with Crippen LogP contribution in [0.4, 0.5) is 5.69 Å². The second-order valence-electron chi connectivity index (χ2n) is 4.59. The van der Waals surface area contributed by atoms with Crippen LogP contribution < -0.4 is 5.73 Å². The van der Waals surface area contributed by atoms with Crippen molar-refractivity contribution in [2.45, 2.75) is 19.4 Å². The highest BCUT2D eigenvalue weighted by Gasteiger charge is 2.07. The molecule has 0 aliphatic rings. The standard InChI is InChI=1S/C13H18N4O/c1-17(2)9-12-15-13(18-16-12)7-6-10-4-3-5-11(14)8-10/h3-5,8H,6-7,9,14H2,1-2H3. The van der Waals surface area contributed by atoms with Gasteiger partial charge in [0, 0.05) is 12.1 Å². The molecule has 18 heavy (non-hydrogen) atoms. The third kappa shape index (κ3) is 3.56. The lowest BCUT2D eigenvalue weighted by Gasteiger charge is -2.03. The Morgan fingerprint density at radius 1 is 1.28 bits per heavy atom. The van der Waals surface area contributed by atoms with Crippen molar-refractivity contribution in [1.29, 1.82) is 0 Å². The van der Waals surface area contributed by atoms with Crippen LogP contribution in [0, 0.1) is 0 Å². The van der Waals surface area contributed by atoms with Crippen molar-refractivity contribution in [2.24, 2.45) is 0 Å². The molecule has 2 N–H and O–H groups in total. The molecule has 0 amide bonds. The van der Waals surface area contributed by atoms with Crippen molar-refractivity contribution < 1.29 is 4.52 Å². The molecule has 0 atom stereocenters. The third-order valence-electron chi connectivity index (χ3n) is 2.55. The van der Waals surface area contributed by atoms with Gasteiger partial charge in [-0.1, -0.05) is 17.3 Å². The van der Waals surface area contributed by atoms with E-state index in [9.17, 15) is 0 Å². The Labute approximate surface area is 107 Å². The average molecular weight is 246 g/mol. The maximum Gasteiger partial charge on any atom is 0.227 e. The molecule has 0 fully saturated rings. The van der Waals surface area contributed by atoms with E-state index in [2.05, 4.69) is 10.1 Å². The number of benzene rings is 1. The first-order valence-corrected chi connectivity index (χ1v) is 5.94. The summed E-state index contributed by atoms with van der Waals surface area (Å²) in [6, 6.07) is 7.85.